The maximum Gasteiger partial charge on any atom is 0.122 e. The van der Waals surface area contributed by atoms with Crippen molar-refractivity contribution in [3.63, 3.8) is 0 Å². The molecule has 0 N–H and O–H groups in total. The Bertz CT molecular complexity index is 605. The minimum Gasteiger partial charge on any atom is -0.493 e. The Morgan fingerprint density at radius 2 is 1.60 bits per heavy atom. The molecule has 0 aromatic heterocycles. The van der Waals surface area contributed by atoms with E-state index < -0.39 is 0 Å². The molecule has 0 radical (unpaired) electrons. The number of aryl methyl sites for hydroxylation is 2. The third kappa shape index (κ3) is 2.07. The lowest BCUT2D eigenvalue weighted by Crippen LogP contribution is -1.95. The van der Waals surface area contributed by atoms with Crippen molar-refractivity contribution in [1.82, 2.24) is 0 Å². The zero-order chi connectivity index (χ0) is 13.5. The van der Waals surface area contributed by atoms with Crippen LogP contribution < -0.4 is 4.74 Å². The summed E-state index contributed by atoms with van der Waals surface area (Å²) in [5.74, 6) is 1.06. The van der Waals surface area contributed by atoms with Crippen molar-refractivity contribution in [3.05, 3.63) is 64.2 Å². The van der Waals surface area contributed by atoms with Crippen LogP contribution in [0.3, 0.4) is 0 Å². The first kappa shape index (κ1) is 12.5. The second kappa shape index (κ2) is 4.92. The summed E-state index contributed by atoms with van der Waals surface area (Å²) in [6.07, 6.45) is 4.83. The predicted molar refractivity (Wildman–Crippen MR) is 84.9 cm³/mol. The van der Waals surface area contributed by atoms with Crippen molar-refractivity contribution in [2.24, 2.45) is 0 Å². The summed E-state index contributed by atoms with van der Waals surface area (Å²) in [6.45, 7) is 0.824. The number of halogens is 1. The molecule has 1 atom stereocenters. The van der Waals surface area contributed by atoms with Crippen molar-refractivity contribution in [2.45, 2.75) is 30.5 Å². The fourth-order valence-corrected chi connectivity index (χ4v) is 3.88. The Morgan fingerprint density at radius 1 is 0.850 bits per heavy atom. The molecule has 0 saturated carbocycles. The molecule has 1 nitrogen and oxygen atoms in total. The number of benzene rings is 2. The third-order valence-electron chi connectivity index (χ3n) is 4.42. The first-order valence-electron chi connectivity index (χ1n) is 7.33. The van der Waals surface area contributed by atoms with E-state index >= 15 is 0 Å². The highest BCUT2D eigenvalue weighted by molar-refractivity contribution is 9.09. The smallest absolute Gasteiger partial charge is 0.122 e. The van der Waals surface area contributed by atoms with Crippen LogP contribution in [0, 0.1) is 0 Å². The summed E-state index contributed by atoms with van der Waals surface area (Å²) >= 11 is 3.87. The van der Waals surface area contributed by atoms with E-state index in [1.54, 1.807) is 0 Å². The van der Waals surface area contributed by atoms with Crippen molar-refractivity contribution in [2.75, 3.05) is 6.61 Å². The molecule has 1 unspecified atom stereocenters. The molecule has 1 heterocycles. The molecule has 4 rings (SSSR count). The second-order valence-corrected chi connectivity index (χ2v) is 6.63. The number of hydrogen-bond acceptors (Lipinski definition) is 1. The lowest BCUT2D eigenvalue weighted by Gasteiger charge is -2.13. The van der Waals surface area contributed by atoms with Crippen molar-refractivity contribution >= 4 is 15.9 Å². The zero-order valence-corrected chi connectivity index (χ0v) is 12.9. The van der Waals surface area contributed by atoms with Crippen molar-refractivity contribution in [3.8, 4) is 5.75 Å². The second-order valence-electron chi connectivity index (χ2n) is 5.71. The SMILES string of the molecule is BrC(c1ccc2c(c1)CCC2)c1ccc2c(c1)CCO2. The van der Waals surface area contributed by atoms with Gasteiger partial charge in [-0.15, -0.1) is 0 Å². The summed E-state index contributed by atoms with van der Waals surface area (Å²) < 4.78 is 5.58. The average molecular weight is 329 g/mol. The van der Waals surface area contributed by atoms with Crippen LogP contribution in [0.1, 0.15) is 39.1 Å². The van der Waals surface area contributed by atoms with E-state index in [0.29, 0.717) is 0 Å². The summed E-state index contributed by atoms with van der Waals surface area (Å²) in [6, 6.07) is 13.5. The number of ether oxygens (including phenoxy) is 1. The Kier molecular flexibility index (Phi) is 3.07. The predicted octanol–water partition coefficient (Wildman–Crippen LogP) is 4.59. The van der Waals surface area contributed by atoms with E-state index in [-0.39, 0.29) is 4.83 Å². The van der Waals surface area contributed by atoms with Gasteiger partial charge in [-0.05, 0) is 53.1 Å². The van der Waals surface area contributed by atoms with Crippen LogP contribution >= 0.6 is 15.9 Å². The van der Waals surface area contributed by atoms with Crippen LogP contribution in [0.5, 0.6) is 5.75 Å². The molecule has 2 aromatic carbocycles. The molecule has 0 saturated heterocycles. The Labute approximate surface area is 128 Å². The van der Waals surface area contributed by atoms with Gasteiger partial charge >= 0.3 is 0 Å². The van der Waals surface area contributed by atoms with Crippen LogP contribution in [0.4, 0.5) is 0 Å². The number of hydrogen-bond donors (Lipinski definition) is 0. The summed E-state index contributed by atoms with van der Waals surface area (Å²) in [5, 5.41) is 0. The van der Waals surface area contributed by atoms with E-state index in [0.717, 1.165) is 18.8 Å². The Hall–Kier alpha value is -1.28. The van der Waals surface area contributed by atoms with Crippen LogP contribution in [0.2, 0.25) is 0 Å². The van der Waals surface area contributed by atoms with Gasteiger partial charge in [0.1, 0.15) is 5.75 Å². The average Bonchev–Trinajstić information content (AvgIpc) is 3.13. The van der Waals surface area contributed by atoms with Crippen LogP contribution in [-0.4, -0.2) is 6.61 Å². The molecule has 102 valence electrons. The van der Waals surface area contributed by atoms with E-state index in [2.05, 4.69) is 52.3 Å². The topological polar surface area (TPSA) is 9.23 Å². The summed E-state index contributed by atoms with van der Waals surface area (Å²) in [7, 11) is 0. The molecule has 0 fully saturated rings. The van der Waals surface area contributed by atoms with Gasteiger partial charge in [0, 0.05) is 6.42 Å². The monoisotopic (exact) mass is 328 g/mol. The molecule has 20 heavy (non-hydrogen) atoms. The van der Waals surface area contributed by atoms with E-state index in [1.807, 2.05) is 0 Å². The fourth-order valence-electron chi connectivity index (χ4n) is 3.31. The van der Waals surface area contributed by atoms with Gasteiger partial charge in [0.2, 0.25) is 0 Å². The molecular weight excluding hydrogens is 312 g/mol. The number of rotatable bonds is 2. The highest BCUT2D eigenvalue weighted by Crippen LogP contribution is 2.36. The molecule has 0 bridgehead atoms. The van der Waals surface area contributed by atoms with Crippen molar-refractivity contribution < 1.29 is 4.74 Å². The molecule has 2 aliphatic rings. The summed E-state index contributed by atoms with van der Waals surface area (Å²) in [4.78, 5) is 0.277. The van der Waals surface area contributed by atoms with Gasteiger partial charge in [0.05, 0.1) is 11.4 Å². The zero-order valence-electron chi connectivity index (χ0n) is 11.4. The van der Waals surface area contributed by atoms with Crippen LogP contribution in [0.15, 0.2) is 36.4 Å². The Balaban J connectivity index is 1.68. The van der Waals surface area contributed by atoms with Crippen LogP contribution in [0.25, 0.3) is 0 Å². The van der Waals surface area contributed by atoms with Crippen molar-refractivity contribution in [1.29, 1.82) is 0 Å². The molecule has 0 amide bonds. The lowest BCUT2D eigenvalue weighted by molar-refractivity contribution is 0.357. The van der Waals surface area contributed by atoms with E-state index in [1.165, 1.54) is 47.1 Å². The largest absolute Gasteiger partial charge is 0.493 e. The molecule has 2 heteroatoms. The summed E-state index contributed by atoms with van der Waals surface area (Å²) in [5.41, 5.74) is 7.11. The maximum absolute atomic E-state index is 5.58. The van der Waals surface area contributed by atoms with Gasteiger partial charge in [-0.3, -0.25) is 0 Å². The van der Waals surface area contributed by atoms with E-state index in [9.17, 15) is 0 Å². The quantitative estimate of drug-likeness (QED) is 0.732. The molecule has 1 aliphatic heterocycles. The normalized spacial score (nSPS) is 17.4. The highest BCUT2D eigenvalue weighted by Gasteiger charge is 2.18. The first-order valence-corrected chi connectivity index (χ1v) is 8.24. The number of alkyl halides is 1. The third-order valence-corrected chi connectivity index (χ3v) is 5.48. The van der Waals surface area contributed by atoms with Gasteiger partial charge in [-0.2, -0.15) is 0 Å². The standard InChI is InChI=1S/C18H17BrO/c19-18(15-5-4-12-2-1-3-13(12)10-15)16-6-7-17-14(11-16)8-9-20-17/h4-7,10-11,18H,1-3,8-9H2. The minimum absolute atomic E-state index is 0.277. The van der Waals surface area contributed by atoms with Gasteiger partial charge in [0.25, 0.3) is 0 Å². The highest BCUT2D eigenvalue weighted by atomic mass is 79.9. The molecule has 2 aromatic rings. The van der Waals surface area contributed by atoms with Gasteiger partial charge in [-0.25, -0.2) is 0 Å². The number of fused-ring (bicyclic) bond motifs is 2. The van der Waals surface area contributed by atoms with E-state index in [4.69, 9.17) is 4.74 Å². The fraction of sp³-hybridized carbons (Fsp3) is 0.333. The van der Waals surface area contributed by atoms with Gasteiger partial charge in [0.15, 0.2) is 0 Å². The van der Waals surface area contributed by atoms with Crippen LogP contribution in [-0.2, 0) is 19.3 Å². The van der Waals surface area contributed by atoms with Gasteiger partial charge < -0.3 is 4.74 Å². The first-order chi connectivity index (χ1) is 9.81. The minimum atomic E-state index is 0.277. The lowest BCUT2D eigenvalue weighted by atomic mass is 9.99. The molecule has 1 aliphatic carbocycles. The molecule has 0 spiro atoms. The maximum atomic E-state index is 5.58. The molecular formula is C18H17BrO. The Morgan fingerprint density at radius 3 is 2.50 bits per heavy atom. The van der Waals surface area contributed by atoms with Gasteiger partial charge in [-0.1, -0.05) is 46.3 Å².